The zero-order chi connectivity index (χ0) is 22.8. The molecule has 0 radical (unpaired) electrons. The number of nitrogens with zero attached hydrogens (tertiary/aromatic N) is 2. The van der Waals surface area contributed by atoms with E-state index in [1.807, 2.05) is 36.4 Å². The van der Waals surface area contributed by atoms with Crippen LogP contribution in [0.25, 0.3) is 17.0 Å². The summed E-state index contributed by atoms with van der Waals surface area (Å²) in [6.45, 7) is 8.14. The van der Waals surface area contributed by atoms with E-state index in [1.54, 1.807) is 4.90 Å². The number of amides is 1. The Hall–Kier alpha value is -2.09. The van der Waals surface area contributed by atoms with Gasteiger partial charge in [-0.1, -0.05) is 71.5 Å². The van der Waals surface area contributed by atoms with Crippen LogP contribution in [0.4, 0.5) is 0 Å². The van der Waals surface area contributed by atoms with Gasteiger partial charge >= 0.3 is 0 Å². The fourth-order valence-corrected chi connectivity index (χ4v) is 5.28. The lowest BCUT2D eigenvalue weighted by Crippen LogP contribution is -2.31. The first-order chi connectivity index (χ1) is 15.3. The average molecular weight is 530 g/mol. The van der Waals surface area contributed by atoms with Crippen molar-refractivity contribution in [1.29, 1.82) is 0 Å². The molecule has 1 fully saturated rings. The maximum absolute atomic E-state index is 12.9. The highest BCUT2D eigenvalue weighted by Gasteiger charge is 2.32. The first-order valence-corrected chi connectivity index (χ1v) is 12.6. The molecule has 4 rings (SSSR count). The number of ether oxygens (including phenoxy) is 1. The quantitative estimate of drug-likeness (QED) is 0.254. The van der Waals surface area contributed by atoms with Crippen molar-refractivity contribution in [2.24, 2.45) is 5.92 Å². The number of benzene rings is 2. The largest absolute Gasteiger partial charge is 0.492 e. The highest BCUT2D eigenvalue weighted by Crippen LogP contribution is 2.35. The molecule has 1 amide bonds. The summed E-state index contributed by atoms with van der Waals surface area (Å²) < 4.78 is 9.74. The number of hydrogen-bond acceptors (Lipinski definition) is 4. The number of carbonyl (C=O) groups is 1. The van der Waals surface area contributed by atoms with Gasteiger partial charge in [0.1, 0.15) is 16.7 Å². The Labute approximate surface area is 206 Å². The maximum Gasteiger partial charge on any atom is 0.266 e. The molecule has 4 nitrogen and oxygen atoms in total. The molecule has 3 aromatic rings. The minimum atomic E-state index is -0.00713. The lowest BCUT2D eigenvalue weighted by molar-refractivity contribution is -0.122. The van der Waals surface area contributed by atoms with Crippen molar-refractivity contribution in [2.45, 2.75) is 27.3 Å². The second-order valence-corrected chi connectivity index (χ2v) is 10.9. The van der Waals surface area contributed by atoms with Gasteiger partial charge in [-0.3, -0.25) is 9.69 Å². The highest BCUT2D eigenvalue weighted by molar-refractivity contribution is 9.10. The maximum atomic E-state index is 12.9. The summed E-state index contributed by atoms with van der Waals surface area (Å²) in [4.78, 5) is 15.3. The fraction of sp³-hybridized carbons (Fsp3) is 0.280. The standard InChI is InChI=1S/C25H25BrN2O2S2/c1-16(2)14-28-24(29)23(32-25(28)31)12-18-15-27(22-9-6-19(26)13-21(18)22)10-11-30-20-7-4-17(3)5-8-20/h4-9,12-13,15-16H,10-11,14H2,1-3H3/b23-12-. The Kier molecular flexibility index (Phi) is 7.08. The summed E-state index contributed by atoms with van der Waals surface area (Å²) in [5, 5.41) is 1.09. The normalized spacial score (nSPS) is 15.5. The third-order valence-corrected chi connectivity index (χ3v) is 7.07. The van der Waals surface area contributed by atoms with E-state index in [0.717, 1.165) is 26.7 Å². The van der Waals surface area contributed by atoms with Crippen LogP contribution in [0.5, 0.6) is 5.75 Å². The fourth-order valence-electron chi connectivity index (χ4n) is 3.66. The minimum absolute atomic E-state index is 0.00713. The molecule has 166 valence electrons. The molecule has 0 atom stereocenters. The predicted molar refractivity (Wildman–Crippen MR) is 141 cm³/mol. The van der Waals surface area contributed by atoms with Crippen LogP contribution in [-0.4, -0.2) is 32.8 Å². The van der Waals surface area contributed by atoms with E-state index < -0.39 is 0 Å². The Balaban J connectivity index is 1.59. The summed E-state index contributed by atoms with van der Waals surface area (Å²) in [5.41, 5.74) is 3.31. The number of thiocarbonyl (C=S) groups is 1. The summed E-state index contributed by atoms with van der Waals surface area (Å²) in [6, 6.07) is 14.3. The summed E-state index contributed by atoms with van der Waals surface area (Å²) >= 11 is 10.4. The first kappa shape index (κ1) is 23.1. The summed E-state index contributed by atoms with van der Waals surface area (Å²) in [7, 11) is 0. The lowest BCUT2D eigenvalue weighted by Gasteiger charge is -2.16. The molecule has 0 bridgehead atoms. The molecular formula is C25H25BrN2O2S2. The van der Waals surface area contributed by atoms with Crippen molar-refractivity contribution in [3.8, 4) is 5.75 Å². The zero-order valence-corrected chi connectivity index (χ0v) is 21.5. The van der Waals surface area contributed by atoms with Crippen molar-refractivity contribution >= 4 is 67.1 Å². The Morgan fingerprint density at radius 2 is 1.94 bits per heavy atom. The molecule has 32 heavy (non-hydrogen) atoms. The van der Waals surface area contributed by atoms with Crippen LogP contribution in [0, 0.1) is 12.8 Å². The molecule has 2 heterocycles. The number of rotatable bonds is 7. The van der Waals surface area contributed by atoms with Gasteiger partial charge in [-0.15, -0.1) is 0 Å². The van der Waals surface area contributed by atoms with Gasteiger partial charge < -0.3 is 9.30 Å². The average Bonchev–Trinajstić information content (AvgIpc) is 3.21. The number of fused-ring (bicyclic) bond motifs is 1. The third kappa shape index (κ3) is 5.11. The molecule has 0 saturated carbocycles. The molecule has 1 aliphatic heterocycles. The number of aromatic nitrogens is 1. The Morgan fingerprint density at radius 1 is 1.19 bits per heavy atom. The van der Waals surface area contributed by atoms with Crippen LogP contribution < -0.4 is 4.74 Å². The number of thioether (sulfide) groups is 1. The van der Waals surface area contributed by atoms with E-state index in [2.05, 4.69) is 59.6 Å². The van der Waals surface area contributed by atoms with E-state index >= 15 is 0 Å². The molecule has 1 aromatic heterocycles. The molecule has 7 heteroatoms. The smallest absolute Gasteiger partial charge is 0.266 e. The number of hydrogen-bond donors (Lipinski definition) is 0. The topological polar surface area (TPSA) is 34.5 Å². The number of carbonyl (C=O) groups excluding carboxylic acids is 1. The van der Waals surface area contributed by atoms with E-state index in [1.165, 1.54) is 17.3 Å². The van der Waals surface area contributed by atoms with Crippen molar-refractivity contribution in [1.82, 2.24) is 9.47 Å². The molecule has 0 aliphatic carbocycles. The van der Waals surface area contributed by atoms with Gasteiger partial charge in [0.25, 0.3) is 5.91 Å². The SMILES string of the molecule is Cc1ccc(OCCn2cc(/C=C3\SC(=S)N(CC(C)C)C3=O)c3cc(Br)ccc32)cc1. The number of aryl methyl sites for hydroxylation is 1. The Morgan fingerprint density at radius 3 is 2.66 bits per heavy atom. The van der Waals surface area contributed by atoms with Gasteiger partial charge in [0.2, 0.25) is 0 Å². The first-order valence-electron chi connectivity index (χ1n) is 10.5. The van der Waals surface area contributed by atoms with Crippen LogP contribution in [-0.2, 0) is 11.3 Å². The monoisotopic (exact) mass is 528 g/mol. The van der Waals surface area contributed by atoms with Crippen LogP contribution in [0.3, 0.4) is 0 Å². The van der Waals surface area contributed by atoms with E-state index in [-0.39, 0.29) is 5.91 Å². The van der Waals surface area contributed by atoms with E-state index in [9.17, 15) is 4.79 Å². The van der Waals surface area contributed by atoms with Gasteiger partial charge in [0.05, 0.1) is 11.4 Å². The molecule has 0 N–H and O–H groups in total. The summed E-state index contributed by atoms with van der Waals surface area (Å²) in [6.07, 6.45) is 4.05. The van der Waals surface area contributed by atoms with Gasteiger partial charge in [-0.05, 0) is 49.2 Å². The lowest BCUT2D eigenvalue weighted by atomic mass is 10.1. The van der Waals surface area contributed by atoms with Crippen LogP contribution in [0.15, 0.2) is 58.0 Å². The van der Waals surface area contributed by atoms with Crippen LogP contribution >= 0.6 is 39.9 Å². The number of halogens is 1. The zero-order valence-electron chi connectivity index (χ0n) is 18.3. The molecular weight excluding hydrogens is 504 g/mol. The van der Waals surface area contributed by atoms with Gasteiger partial charge in [-0.2, -0.15) is 0 Å². The molecule has 1 aliphatic rings. The highest BCUT2D eigenvalue weighted by atomic mass is 79.9. The van der Waals surface area contributed by atoms with Crippen molar-refractivity contribution in [3.63, 3.8) is 0 Å². The Bertz CT molecular complexity index is 1200. The summed E-state index contributed by atoms with van der Waals surface area (Å²) in [5.74, 6) is 1.22. The molecule has 0 spiro atoms. The second-order valence-electron chi connectivity index (χ2n) is 8.29. The molecule has 1 saturated heterocycles. The van der Waals surface area contributed by atoms with Gasteiger partial charge in [0.15, 0.2) is 0 Å². The van der Waals surface area contributed by atoms with Crippen molar-refractivity contribution in [2.75, 3.05) is 13.2 Å². The van der Waals surface area contributed by atoms with Crippen molar-refractivity contribution in [3.05, 3.63) is 69.2 Å². The van der Waals surface area contributed by atoms with Gasteiger partial charge in [0, 0.05) is 33.7 Å². The van der Waals surface area contributed by atoms with E-state index in [0.29, 0.717) is 34.8 Å². The van der Waals surface area contributed by atoms with Gasteiger partial charge in [-0.25, -0.2) is 0 Å². The van der Waals surface area contributed by atoms with Crippen LogP contribution in [0.1, 0.15) is 25.0 Å². The molecule has 0 unspecified atom stereocenters. The second kappa shape index (κ2) is 9.81. The predicted octanol–water partition coefficient (Wildman–Crippen LogP) is 6.65. The molecule has 2 aromatic carbocycles. The van der Waals surface area contributed by atoms with Crippen LogP contribution in [0.2, 0.25) is 0 Å². The minimum Gasteiger partial charge on any atom is -0.492 e. The van der Waals surface area contributed by atoms with Crippen molar-refractivity contribution < 1.29 is 9.53 Å². The van der Waals surface area contributed by atoms with E-state index in [4.69, 9.17) is 17.0 Å². The third-order valence-electron chi connectivity index (χ3n) is 5.20.